The number of rotatable bonds is 2. The highest BCUT2D eigenvalue weighted by Crippen LogP contribution is 2.48. The van der Waals surface area contributed by atoms with Crippen molar-refractivity contribution >= 4 is 12.0 Å². The maximum Gasteiger partial charge on any atom is 0.317 e. The summed E-state index contributed by atoms with van der Waals surface area (Å²) in [5.41, 5.74) is 1.20. The average molecular weight is 278 g/mol. The van der Waals surface area contributed by atoms with Crippen molar-refractivity contribution in [2.75, 3.05) is 13.1 Å². The second-order valence-corrected chi connectivity index (χ2v) is 6.43. The molecule has 0 spiro atoms. The molecule has 2 amide bonds. The molecule has 110 valence electrons. The molecule has 0 aromatic carbocycles. The number of carboxylic acid groups (broad SMARTS) is 1. The zero-order valence-electron chi connectivity index (χ0n) is 11.8. The van der Waals surface area contributed by atoms with E-state index in [0.29, 0.717) is 12.5 Å². The SMILES string of the molecule is CC1=CCCN(C(=O)NC2C3CCC(C3)C2C(=O)O)C1. The lowest BCUT2D eigenvalue weighted by molar-refractivity contribution is -0.144. The van der Waals surface area contributed by atoms with Gasteiger partial charge < -0.3 is 15.3 Å². The van der Waals surface area contributed by atoms with Crippen molar-refractivity contribution in [3.8, 4) is 0 Å². The number of fused-ring (bicyclic) bond motifs is 2. The number of carbonyl (C=O) groups excluding carboxylic acids is 1. The molecule has 20 heavy (non-hydrogen) atoms. The highest BCUT2D eigenvalue weighted by atomic mass is 16.4. The van der Waals surface area contributed by atoms with Crippen LogP contribution >= 0.6 is 0 Å². The molecule has 2 saturated carbocycles. The Balaban J connectivity index is 1.66. The number of urea groups is 1. The van der Waals surface area contributed by atoms with E-state index in [-0.39, 0.29) is 23.9 Å². The van der Waals surface area contributed by atoms with E-state index in [9.17, 15) is 14.7 Å². The van der Waals surface area contributed by atoms with Gasteiger partial charge in [0.05, 0.1) is 5.92 Å². The van der Waals surface area contributed by atoms with Crippen LogP contribution in [0.1, 0.15) is 32.6 Å². The van der Waals surface area contributed by atoms with Crippen LogP contribution in [0.3, 0.4) is 0 Å². The number of hydrogen-bond acceptors (Lipinski definition) is 2. The Morgan fingerprint density at radius 1 is 1.35 bits per heavy atom. The molecule has 1 aliphatic heterocycles. The monoisotopic (exact) mass is 278 g/mol. The van der Waals surface area contributed by atoms with Crippen molar-refractivity contribution in [1.82, 2.24) is 10.2 Å². The van der Waals surface area contributed by atoms with Crippen molar-refractivity contribution in [1.29, 1.82) is 0 Å². The standard InChI is InChI=1S/C15H22N2O3/c1-9-3-2-6-17(8-9)15(20)16-13-11-5-4-10(7-11)12(13)14(18)19/h3,10-13H,2,4-8H2,1H3,(H,16,20)(H,18,19). The first-order valence-corrected chi connectivity index (χ1v) is 7.50. The van der Waals surface area contributed by atoms with Crippen molar-refractivity contribution in [2.24, 2.45) is 17.8 Å². The van der Waals surface area contributed by atoms with Crippen LogP contribution in [0.25, 0.3) is 0 Å². The topological polar surface area (TPSA) is 69.6 Å². The minimum Gasteiger partial charge on any atom is -0.481 e. The Labute approximate surface area is 119 Å². The number of nitrogens with zero attached hydrogens (tertiary/aromatic N) is 1. The molecule has 2 bridgehead atoms. The minimum atomic E-state index is -0.753. The summed E-state index contributed by atoms with van der Waals surface area (Å²) in [6, 6.07) is -0.272. The van der Waals surface area contributed by atoms with E-state index in [2.05, 4.69) is 11.4 Å². The third kappa shape index (κ3) is 2.30. The Morgan fingerprint density at radius 2 is 2.10 bits per heavy atom. The van der Waals surface area contributed by atoms with Crippen molar-refractivity contribution < 1.29 is 14.7 Å². The first-order valence-electron chi connectivity index (χ1n) is 7.50. The van der Waals surface area contributed by atoms with E-state index in [1.54, 1.807) is 4.90 Å². The van der Waals surface area contributed by atoms with Crippen LogP contribution in [0.2, 0.25) is 0 Å². The Kier molecular flexibility index (Phi) is 3.44. The number of amides is 2. The summed E-state index contributed by atoms with van der Waals surface area (Å²) in [5.74, 6) is -0.534. The molecule has 3 rings (SSSR count). The maximum atomic E-state index is 12.3. The fraction of sp³-hybridized carbons (Fsp3) is 0.733. The highest BCUT2D eigenvalue weighted by Gasteiger charge is 2.51. The minimum absolute atomic E-state index is 0.0961. The number of aliphatic carboxylic acids is 1. The van der Waals surface area contributed by atoms with Crippen LogP contribution in [-0.2, 0) is 4.79 Å². The predicted molar refractivity (Wildman–Crippen MR) is 74.2 cm³/mol. The van der Waals surface area contributed by atoms with E-state index in [1.165, 1.54) is 5.57 Å². The summed E-state index contributed by atoms with van der Waals surface area (Å²) in [6.07, 6.45) is 6.05. The normalized spacial score (nSPS) is 35.9. The van der Waals surface area contributed by atoms with Gasteiger partial charge in [-0.15, -0.1) is 0 Å². The zero-order valence-corrected chi connectivity index (χ0v) is 11.8. The van der Waals surface area contributed by atoms with Gasteiger partial charge in [-0.1, -0.05) is 11.6 Å². The lowest BCUT2D eigenvalue weighted by Gasteiger charge is -2.33. The van der Waals surface area contributed by atoms with Gasteiger partial charge in [-0.2, -0.15) is 0 Å². The summed E-state index contributed by atoms with van der Waals surface area (Å²) in [7, 11) is 0. The Hall–Kier alpha value is -1.52. The Morgan fingerprint density at radius 3 is 2.80 bits per heavy atom. The fourth-order valence-corrected chi connectivity index (χ4v) is 4.17. The molecule has 5 nitrogen and oxygen atoms in total. The van der Waals surface area contributed by atoms with Crippen LogP contribution in [0.4, 0.5) is 4.79 Å². The molecular formula is C15H22N2O3. The van der Waals surface area contributed by atoms with Crippen LogP contribution in [0, 0.1) is 17.8 Å². The molecule has 5 heteroatoms. The quantitative estimate of drug-likeness (QED) is 0.757. The predicted octanol–water partition coefficient (Wildman–Crippen LogP) is 1.85. The smallest absolute Gasteiger partial charge is 0.317 e. The van der Waals surface area contributed by atoms with Gasteiger partial charge in [0, 0.05) is 19.1 Å². The van der Waals surface area contributed by atoms with Gasteiger partial charge >= 0.3 is 12.0 Å². The highest BCUT2D eigenvalue weighted by molar-refractivity contribution is 5.78. The molecule has 4 atom stereocenters. The molecule has 1 heterocycles. The summed E-state index contributed by atoms with van der Waals surface area (Å²) in [6.45, 7) is 3.41. The summed E-state index contributed by atoms with van der Waals surface area (Å²) >= 11 is 0. The van der Waals surface area contributed by atoms with Gasteiger partial charge in [0.15, 0.2) is 0 Å². The molecule has 0 aromatic heterocycles. The lowest BCUT2D eigenvalue weighted by atomic mass is 9.84. The first kappa shape index (κ1) is 13.5. The van der Waals surface area contributed by atoms with E-state index in [0.717, 1.165) is 32.2 Å². The zero-order chi connectivity index (χ0) is 14.3. The van der Waals surface area contributed by atoms with Crippen LogP contribution in [0.5, 0.6) is 0 Å². The van der Waals surface area contributed by atoms with Crippen molar-refractivity contribution in [3.05, 3.63) is 11.6 Å². The maximum absolute atomic E-state index is 12.3. The molecule has 3 aliphatic rings. The van der Waals surface area contributed by atoms with Gasteiger partial charge in [0.25, 0.3) is 0 Å². The number of carbonyl (C=O) groups is 2. The van der Waals surface area contributed by atoms with Gasteiger partial charge in [-0.25, -0.2) is 4.79 Å². The lowest BCUT2D eigenvalue weighted by Crippen LogP contribution is -2.52. The second-order valence-electron chi connectivity index (χ2n) is 6.43. The summed E-state index contributed by atoms with van der Waals surface area (Å²) in [5, 5.41) is 12.4. The van der Waals surface area contributed by atoms with E-state index in [4.69, 9.17) is 0 Å². The molecule has 4 unspecified atom stereocenters. The van der Waals surface area contributed by atoms with Crippen LogP contribution in [0.15, 0.2) is 11.6 Å². The van der Waals surface area contributed by atoms with Crippen LogP contribution in [-0.4, -0.2) is 41.1 Å². The second kappa shape index (κ2) is 5.11. The van der Waals surface area contributed by atoms with Crippen molar-refractivity contribution in [3.63, 3.8) is 0 Å². The van der Waals surface area contributed by atoms with Crippen LogP contribution < -0.4 is 5.32 Å². The van der Waals surface area contributed by atoms with Gasteiger partial charge in [0.2, 0.25) is 0 Å². The van der Waals surface area contributed by atoms with Gasteiger partial charge in [-0.3, -0.25) is 4.79 Å². The van der Waals surface area contributed by atoms with E-state index in [1.807, 2.05) is 6.92 Å². The average Bonchev–Trinajstić information content (AvgIpc) is 2.99. The summed E-state index contributed by atoms with van der Waals surface area (Å²) < 4.78 is 0. The third-order valence-corrected chi connectivity index (χ3v) is 5.11. The third-order valence-electron chi connectivity index (χ3n) is 5.11. The number of nitrogens with one attached hydrogen (secondary N) is 1. The molecule has 0 radical (unpaired) electrons. The molecule has 2 fully saturated rings. The van der Waals surface area contributed by atoms with Crippen molar-refractivity contribution in [2.45, 2.75) is 38.6 Å². The molecule has 2 aliphatic carbocycles. The first-order chi connectivity index (χ1) is 9.56. The largest absolute Gasteiger partial charge is 0.481 e. The summed E-state index contributed by atoms with van der Waals surface area (Å²) in [4.78, 5) is 25.6. The van der Waals surface area contributed by atoms with E-state index < -0.39 is 5.97 Å². The molecule has 0 aromatic rings. The Bertz CT molecular complexity index is 460. The van der Waals surface area contributed by atoms with Gasteiger partial charge in [0.1, 0.15) is 0 Å². The fourth-order valence-electron chi connectivity index (χ4n) is 4.17. The molecular weight excluding hydrogens is 256 g/mol. The number of carboxylic acids is 1. The van der Waals surface area contributed by atoms with Gasteiger partial charge in [-0.05, 0) is 44.4 Å². The number of hydrogen-bond donors (Lipinski definition) is 2. The molecule has 2 N–H and O–H groups in total. The molecule has 0 saturated heterocycles. The van der Waals surface area contributed by atoms with E-state index >= 15 is 0 Å².